The van der Waals surface area contributed by atoms with Crippen LogP contribution in [0.4, 0.5) is 0 Å². The van der Waals surface area contributed by atoms with Crippen LogP contribution in [0.25, 0.3) is 0 Å². The Balaban J connectivity index is 2.72. The first-order valence-electron chi connectivity index (χ1n) is 4.76. The van der Waals surface area contributed by atoms with Crippen molar-refractivity contribution in [2.24, 2.45) is 0 Å². The Bertz CT molecular complexity index is 360. The zero-order valence-electron chi connectivity index (χ0n) is 8.59. The zero-order valence-corrected chi connectivity index (χ0v) is 10.2. The minimum Gasteiger partial charge on any atom is -0.479 e. The predicted molar refractivity (Wildman–Crippen MR) is 62.6 cm³/mol. The summed E-state index contributed by atoms with van der Waals surface area (Å²) in [5, 5.41) is 11.6. The van der Waals surface area contributed by atoms with Gasteiger partial charge in [-0.25, -0.2) is 0 Å². The highest BCUT2D eigenvalue weighted by Crippen LogP contribution is 2.22. The molecule has 0 aliphatic carbocycles. The maximum atomic E-state index is 8.40. The molecular weight excluding hydrogens is 256 g/mol. The van der Waals surface area contributed by atoms with Gasteiger partial charge in [-0.1, -0.05) is 22.9 Å². The van der Waals surface area contributed by atoms with Crippen LogP contribution < -0.4 is 10.1 Å². The lowest BCUT2D eigenvalue weighted by Gasteiger charge is -2.08. The van der Waals surface area contributed by atoms with Crippen molar-refractivity contribution in [3.8, 4) is 11.8 Å². The molecule has 0 aromatic heterocycles. The van der Waals surface area contributed by atoms with Gasteiger partial charge in [-0.05, 0) is 30.3 Å². The second-order valence-corrected chi connectivity index (χ2v) is 3.83. The summed E-state index contributed by atoms with van der Waals surface area (Å²) in [5.74, 6) is 0.729. The molecule has 0 saturated heterocycles. The van der Waals surface area contributed by atoms with Gasteiger partial charge in [-0.2, -0.15) is 5.26 Å². The molecule has 3 nitrogen and oxygen atoms in total. The van der Waals surface area contributed by atoms with E-state index < -0.39 is 0 Å². The van der Waals surface area contributed by atoms with Crippen LogP contribution in [0.1, 0.15) is 12.5 Å². The van der Waals surface area contributed by atoms with Gasteiger partial charge in [-0.3, -0.25) is 0 Å². The number of nitrogens with one attached hydrogen (secondary N) is 1. The molecule has 1 aromatic carbocycles. The molecule has 80 valence electrons. The summed E-state index contributed by atoms with van der Waals surface area (Å²) in [6, 6.07) is 7.65. The van der Waals surface area contributed by atoms with Gasteiger partial charge in [0.2, 0.25) is 0 Å². The molecule has 1 rings (SSSR count). The van der Waals surface area contributed by atoms with E-state index in [2.05, 4.69) is 28.2 Å². The maximum absolute atomic E-state index is 8.40. The van der Waals surface area contributed by atoms with Crippen LogP contribution in [0, 0.1) is 11.3 Å². The fourth-order valence-electron chi connectivity index (χ4n) is 1.15. The average molecular weight is 269 g/mol. The molecular formula is C11H13BrN2O. The van der Waals surface area contributed by atoms with Crippen molar-refractivity contribution in [2.45, 2.75) is 13.5 Å². The van der Waals surface area contributed by atoms with E-state index in [1.54, 1.807) is 0 Å². The van der Waals surface area contributed by atoms with E-state index in [1.165, 1.54) is 0 Å². The second kappa shape index (κ2) is 6.44. The van der Waals surface area contributed by atoms with E-state index in [-0.39, 0.29) is 6.61 Å². The van der Waals surface area contributed by atoms with E-state index in [1.807, 2.05) is 24.3 Å². The van der Waals surface area contributed by atoms with E-state index in [0.717, 1.165) is 28.9 Å². The molecule has 0 fully saturated rings. The van der Waals surface area contributed by atoms with Crippen molar-refractivity contribution < 1.29 is 4.74 Å². The summed E-state index contributed by atoms with van der Waals surface area (Å²) in [5.41, 5.74) is 1.13. The number of halogens is 1. The Morgan fingerprint density at radius 1 is 1.53 bits per heavy atom. The lowest BCUT2D eigenvalue weighted by molar-refractivity contribution is 0.367. The summed E-state index contributed by atoms with van der Waals surface area (Å²) in [6.45, 7) is 3.86. The molecule has 1 N–H and O–H groups in total. The van der Waals surface area contributed by atoms with Crippen molar-refractivity contribution in [3.63, 3.8) is 0 Å². The van der Waals surface area contributed by atoms with Crippen LogP contribution in [0.3, 0.4) is 0 Å². The van der Waals surface area contributed by atoms with Crippen molar-refractivity contribution in [3.05, 3.63) is 28.2 Å². The first kappa shape index (κ1) is 12.0. The van der Waals surface area contributed by atoms with Crippen LogP contribution in [0.2, 0.25) is 0 Å². The summed E-state index contributed by atoms with van der Waals surface area (Å²) in [7, 11) is 0. The number of hydrogen-bond acceptors (Lipinski definition) is 3. The van der Waals surface area contributed by atoms with Crippen LogP contribution in [0.15, 0.2) is 22.7 Å². The average Bonchev–Trinajstić information content (AvgIpc) is 2.26. The maximum Gasteiger partial charge on any atom is 0.174 e. The highest BCUT2D eigenvalue weighted by atomic mass is 79.9. The molecule has 0 amide bonds. The first-order valence-corrected chi connectivity index (χ1v) is 5.56. The number of ether oxygens (including phenoxy) is 1. The Morgan fingerprint density at radius 3 is 3.00 bits per heavy atom. The smallest absolute Gasteiger partial charge is 0.174 e. The molecule has 0 aliphatic heterocycles. The van der Waals surface area contributed by atoms with Crippen LogP contribution in [-0.4, -0.2) is 13.2 Å². The van der Waals surface area contributed by atoms with Crippen LogP contribution >= 0.6 is 15.9 Å². The minimum absolute atomic E-state index is 0.0856. The molecule has 15 heavy (non-hydrogen) atoms. The van der Waals surface area contributed by atoms with Gasteiger partial charge < -0.3 is 10.1 Å². The molecule has 0 atom stereocenters. The van der Waals surface area contributed by atoms with Gasteiger partial charge in [-0.15, -0.1) is 0 Å². The van der Waals surface area contributed by atoms with Crippen molar-refractivity contribution in [2.75, 3.05) is 13.2 Å². The van der Waals surface area contributed by atoms with Crippen LogP contribution in [-0.2, 0) is 6.54 Å². The Labute approximate surface area is 98.2 Å². The largest absolute Gasteiger partial charge is 0.479 e. The van der Waals surface area contributed by atoms with Crippen molar-refractivity contribution >= 4 is 15.9 Å². The molecule has 0 saturated carbocycles. The Hall–Kier alpha value is -1.05. The van der Waals surface area contributed by atoms with Gasteiger partial charge in [0.05, 0.1) is 0 Å². The Kier molecular flexibility index (Phi) is 5.16. The molecule has 0 heterocycles. The molecule has 4 heteroatoms. The zero-order chi connectivity index (χ0) is 11.1. The molecule has 0 spiro atoms. The topological polar surface area (TPSA) is 45.0 Å². The highest BCUT2D eigenvalue weighted by Gasteiger charge is 2.01. The van der Waals surface area contributed by atoms with Crippen LogP contribution in [0.5, 0.6) is 5.75 Å². The lowest BCUT2D eigenvalue weighted by atomic mass is 10.2. The quantitative estimate of drug-likeness (QED) is 0.893. The third kappa shape index (κ3) is 3.90. The predicted octanol–water partition coefficient (Wildman–Crippen LogP) is 2.46. The number of hydrogen-bond donors (Lipinski definition) is 1. The minimum atomic E-state index is 0.0856. The van der Waals surface area contributed by atoms with E-state index >= 15 is 0 Å². The summed E-state index contributed by atoms with van der Waals surface area (Å²) < 4.78 is 6.27. The fraction of sp³-hybridized carbons (Fsp3) is 0.364. The van der Waals surface area contributed by atoms with E-state index in [4.69, 9.17) is 10.00 Å². The molecule has 0 unspecified atom stereocenters. The van der Waals surface area contributed by atoms with Gasteiger partial charge in [0.25, 0.3) is 0 Å². The van der Waals surface area contributed by atoms with Crippen molar-refractivity contribution in [1.82, 2.24) is 5.32 Å². The molecule has 0 bridgehead atoms. The van der Waals surface area contributed by atoms with E-state index in [9.17, 15) is 0 Å². The summed E-state index contributed by atoms with van der Waals surface area (Å²) >= 11 is 3.47. The number of benzene rings is 1. The van der Waals surface area contributed by atoms with Gasteiger partial charge in [0, 0.05) is 11.0 Å². The number of nitrogens with zero attached hydrogens (tertiary/aromatic N) is 1. The fourth-order valence-corrected chi connectivity index (χ4v) is 1.54. The summed E-state index contributed by atoms with van der Waals surface area (Å²) in [6.07, 6.45) is 0. The normalized spacial score (nSPS) is 9.67. The van der Waals surface area contributed by atoms with E-state index in [0.29, 0.717) is 0 Å². The van der Waals surface area contributed by atoms with Crippen molar-refractivity contribution in [1.29, 1.82) is 5.26 Å². The third-order valence-corrected chi connectivity index (χ3v) is 2.66. The van der Waals surface area contributed by atoms with Gasteiger partial charge in [0.1, 0.15) is 11.8 Å². The Morgan fingerprint density at radius 2 is 2.33 bits per heavy atom. The summed E-state index contributed by atoms with van der Waals surface area (Å²) in [4.78, 5) is 0. The SMILES string of the molecule is CCNCc1cc(OCC#N)ccc1Br. The first-order chi connectivity index (χ1) is 7.27. The lowest BCUT2D eigenvalue weighted by Crippen LogP contribution is -2.12. The molecule has 0 radical (unpaired) electrons. The molecule has 1 aromatic rings. The standard InChI is InChI=1S/C11H13BrN2O/c1-2-14-8-9-7-10(15-6-5-13)3-4-11(9)12/h3-4,7,14H,2,6,8H2,1H3. The molecule has 0 aliphatic rings. The van der Waals surface area contributed by atoms with Gasteiger partial charge in [0.15, 0.2) is 6.61 Å². The van der Waals surface area contributed by atoms with Gasteiger partial charge >= 0.3 is 0 Å². The number of rotatable bonds is 5. The third-order valence-electron chi connectivity index (χ3n) is 1.89. The monoisotopic (exact) mass is 268 g/mol. The number of nitriles is 1. The highest BCUT2D eigenvalue weighted by molar-refractivity contribution is 9.10. The second-order valence-electron chi connectivity index (χ2n) is 2.98.